The van der Waals surface area contributed by atoms with E-state index in [4.69, 9.17) is 4.74 Å². The van der Waals surface area contributed by atoms with Crippen molar-refractivity contribution in [3.8, 4) is 0 Å². The largest absolute Gasteiger partial charge is 0.383 e. The summed E-state index contributed by atoms with van der Waals surface area (Å²) in [6.45, 7) is 2.01. The first kappa shape index (κ1) is 12.5. The molecule has 0 fully saturated rings. The highest BCUT2D eigenvalue weighted by atomic mass is 32.2. The van der Waals surface area contributed by atoms with Gasteiger partial charge in [-0.1, -0.05) is 0 Å². The number of methoxy groups -OCH3 is 1. The maximum Gasteiger partial charge on any atom is 0.156 e. The first-order valence-electron chi connectivity index (χ1n) is 5.57. The number of aryl methyl sites for hydroxylation is 1. The summed E-state index contributed by atoms with van der Waals surface area (Å²) in [6.07, 6.45) is 0.520. The predicted molar refractivity (Wildman–Crippen MR) is 63.4 cm³/mol. The van der Waals surface area contributed by atoms with E-state index >= 15 is 0 Å². The third kappa shape index (κ3) is 3.27. The number of nitrogens with one attached hydrogen (secondary N) is 2. The van der Waals surface area contributed by atoms with Crippen molar-refractivity contribution in [1.29, 1.82) is 0 Å². The molecule has 0 aliphatic carbocycles. The van der Waals surface area contributed by atoms with Gasteiger partial charge in [-0.2, -0.15) is 0 Å². The molecule has 2 rings (SSSR count). The number of fused-ring (bicyclic) bond motifs is 1. The second-order valence-electron chi connectivity index (χ2n) is 4.12. The first-order valence-corrected chi connectivity index (χ1v) is 7.39. The van der Waals surface area contributed by atoms with Gasteiger partial charge in [0.05, 0.1) is 36.0 Å². The van der Waals surface area contributed by atoms with Gasteiger partial charge in [0.2, 0.25) is 0 Å². The first-order chi connectivity index (χ1) is 8.11. The number of sulfone groups is 1. The van der Waals surface area contributed by atoms with Gasteiger partial charge in [-0.15, -0.1) is 0 Å². The van der Waals surface area contributed by atoms with E-state index in [0.29, 0.717) is 19.6 Å². The Kier molecular flexibility index (Phi) is 3.80. The standard InChI is InChI=1S/C10H17N3O3S/c1-16-4-3-11-6-10-12-8-2-5-17(14,15)7-9(8)13-10/h11H,2-7H2,1H3,(H,12,13). The van der Waals surface area contributed by atoms with Crippen LogP contribution < -0.4 is 5.32 Å². The summed E-state index contributed by atoms with van der Waals surface area (Å²) in [5.41, 5.74) is 1.64. The lowest BCUT2D eigenvalue weighted by Gasteiger charge is -2.09. The number of H-pyrrole nitrogens is 1. The Morgan fingerprint density at radius 2 is 2.35 bits per heavy atom. The fourth-order valence-electron chi connectivity index (χ4n) is 1.84. The maximum absolute atomic E-state index is 11.4. The van der Waals surface area contributed by atoms with Crippen molar-refractivity contribution in [2.45, 2.75) is 18.7 Å². The Morgan fingerprint density at radius 1 is 1.53 bits per heavy atom. The fourth-order valence-corrected chi connectivity index (χ4v) is 3.17. The minimum absolute atomic E-state index is 0.0907. The van der Waals surface area contributed by atoms with Crippen LogP contribution in [0.2, 0.25) is 0 Å². The molecule has 1 aromatic rings. The molecular weight excluding hydrogens is 242 g/mol. The number of imidazole rings is 1. The van der Waals surface area contributed by atoms with E-state index in [2.05, 4.69) is 15.3 Å². The maximum atomic E-state index is 11.4. The molecule has 0 amide bonds. The molecule has 17 heavy (non-hydrogen) atoms. The molecule has 96 valence electrons. The van der Waals surface area contributed by atoms with Crippen LogP contribution in [0.5, 0.6) is 0 Å². The Labute approximate surface area is 101 Å². The number of hydrogen-bond acceptors (Lipinski definition) is 5. The number of aromatic nitrogens is 2. The summed E-state index contributed by atoms with van der Waals surface area (Å²) in [4.78, 5) is 7.46. The Bertz CT molecular complexity index is 481. The van der Waals surface area contributed by atoms with Gasteiger partial charge < -0.3 is 15.0 Å². The Hall–Kier alpha value is -0.920. The molecule has 0 aromatic carbocycles. The summed E-state index contributed by atoms with van der Waals surface area (Å²) >= 11 is 0. The highest BCUT2D eigenvalue weighted by Gasteiger charge is 2.24. The molecule has 0 saturated carbocycles. The van der Waals surface area contributed by atoms with Crippen molar-refractivity contribution in [1.82, 2.24) is 15.3 Å². The average Bonchev–Trinajstić information content (AvgIpc) is 2.65. The second-order valence-corrected chi connectivity index (χ2v) is 6.30. The monoisotopic (exact) mass is 259 g/mol. The summed E-state index contributed by atoms with van der Waals surface area (Å²) in [5.74, 6) is 1.10. The van der Waals surface area contributed by atoms with E-state index in [9.17, 15) is 8.42 Å². The number of aromatic amines is 1. The average molecular weight is 259 g/mol. The van der Waals surface area contributed by atoms with Gasteiger partial charge in [0, 0.05) is 20.1 Å². The van der Waals surface area contributed by atoms with Gasteiger partial charge in [0.15, 0.2) is 9.84 Å². The minimum Gasteiger partial charge on any atom is -0.383 e. The highest BCUT2D eigenvalue weighted by Crippen LogP contribution is 2.18. The smallest absolute Gasteiger partial charge is 0.156 e. The van der Waals surface area contributed by atoms with Crippen LogP contribution in [-0.2, 0) is 33.3 Å². The normalized spacial score (nSPS) is 17.9. The van der Waals surface area contributed by atoms with Crippen LogP contribution in [0.4, 0.5) is 0 Å². The molecule has 6 nitrogen and oxygen atoms in total. The molecule has 2 heterocycles. The van der Waals surface area contributed by atoms with Crippen LogP contribution in [-0.4, -0.2) is 44.4 Å². The fraction of sp³-hybridized carbons (Fsp3) is 0.700. The zero-order valence-electron chi connectivity index (χ0n) is 9.82. The molecule has 0 saturated heterocycles. The van der Waals surface area contributed by atoms with E-state index < -0.39 is 9.84 Å². The second kappa shape index (κ2) is 5.16. The van der Waals surface area contributed by atoms with Gasteiger partial charge in [0.25, 0.3) is 0 Å². The summed E-state index contributed by atoms with van der Waals surface area (Å²) in [6, 6.07) is 0. The Balaban J connectivity index is 1.96. The van der Waals surface area contributed by atoms with Crippen LogP contribution in [0.1, 0.15) is 17.2 Å². The summed E-state index contributed by atoms with van der Waals surface area (Å²) in [7, 11) is -1.27. The van der Waals surface area contributed by atoms with Crippen LogP contribution in [0.15, 0.2) is 0 Å². The van der Waals surface area contributed by atoms with Crippen LogP contribution in [0.25, 0.3) is 0 Å². The SMILES string of the molecule is COCCNCc1nc2c([nH]1)CS(=O)(=O)CC2. The number of ether oxygens (including phenoxy) is 1. The molecule has 7 heteroatoms. The molecule has 0 atom stereocenters. The Morgan fingerprint density at radius 3 is 3.12 bits per heavy atom. The molecule has 0 unspecified atom stereocenters. The van der Waals surface area contributed by atoms with Crippen molar-refractivity contribution >= 4 is 9.84 Å². The van der Waals surface area contributed by atoms with E-state index in [1.807, 2.05) is 0 Å². The van der Waals surface area contributed by atoms with Crippen LogP contribution in [0, 0.1) is 0 Å². The molecule has 0 bridgehead atoms. The van der Waals surface area contributed by atoms with Crippen molar-refractivity contribution in [3.05, 3.63) is 17.2 Å². The lowest BCUT2D eigenvalue weighted by atomic mass is 10.3. The summed E-state index contributed by atoms with van der Waals surface area (Å²) in [5, 5.41) is 3.16. The molecule has 1 aliphatic rings. The summed E-state index contributed by atoms with van der Waals surface area (Å²) < 4.78 is 27.8. The third-order valence-corrected chi connectivity index (χ3v) is 4.26. The van der Waals surface area contributed by atoms with Crippen LogP contribution in [0.3, 0.4) is 0 Å². The number of rotatable bonds is 5. The zero-order chi connectivity index (χ0) is 12.3. The predicted octanol–water partition coefficient (Wildman–Crippen LogP) is -0.383. The molecule has 0 spiro atoms. The van der Waals surface area contributed by atoms with Crippen molar-refractivity contribution in [2.24, 2.45) is 0 Å². The zero-order valence-corrected chi connectivity index (χ0v) is 10.6. The molecule has 1 aromatic heterocycles. The number of hydrogen-bond donors (Lipinski definition) is 2. The van der Waals surface area contributed by atoms with Crippen molar-refractivity contribution in [3.63, 3.8) is 0 Å². The molecular formula is C10H17N3O3S. The van der Waals surface area contributed by atoms with Gasteiger partial charge in [-0.25, -0.2) is 13.4 Å². The lowest BCUT2D eigenvalue weighted by molar-refractivity contribution is 0.199. The van der Waals surface area contributed by atoms with E-state index in [1.165, 1.54) is 0 Å². The van der Waals surface area contributed by atoms with Gasteiger partial charge in [-0.3, -0.25) is 0 Å². The van der Waals surface area contributed by atoms with Crippen molar-refractivity contribution in [2.75, 3.05) is 26.0 Å². The minimum atomic E-state index is -2.92. The highest BCUT2D eigenvalue weighted by molar-refractivity contribution is 7.90. The van der Waals surface area contributed by atoms with E-state index in [0.717, 1.165) is 23.8 Å². The van der Waals surface area contributed by atoms with Gasteiger partial charge >= 0.3 is 0 Å². The molecule has 2 N–H and O–H groups in total. The lowest BCUT2D eigenvalue weighted by Crippen LogP contribution is -2.19. The van der Waals surface area contributed by atoms with E-state index in [1.54, 1.807) is 7.11 Å². The quantitative estimate of drug-likeness (QED) is 0.704. The van der Waals surface area contributed by atoms with Crippen molar-refractivity contribution < 1.29 is 13.2 Å². The van der Waals surface area contributed by atoms with Gasteiger partial charge in [0.1, 0.15) is 5.82 Å². The van der Waals surface area contributed by atoms with E-state index in [-0.39, 0.29) is 11.5 Å². The number of nitrogens with zero attached hydrogens (tertiary/aromatic N) is 1. The molecule has 1 aliphatic heterocycles. The topological polar surface area (TPSA) is 84.1 Å². The van der Waals surface area contributed by atoms with Gasteiger partial charge in [-0.05, 0) is 0 Å². The van der Waals surface area contributed by atoms with Crippen LogP contribution >= 0.6 is 0 Å². The third-order valence-electron chi connectivity index (χ3n) is 2.70. The molecule has 0 radical (unpaired) electrons.